The van der Waals surface area contributed by atoms with E-state index in [2.05, 4.69) is 57.7 Å². The summed E-state index contributed by atoms with van der Waals surface area (Å²) in [6, 6.07) is 14.7. The third kappa shape index (κ3) is 2.84. The molecule has 0 spiro atoms. The van der Waals surface area contributed by atoms with Crippen LogP contribution in [0.1, 0.15) is 5.82 Å². The van der Waals surface area contributed by atoms with Crippen LogP contribution in [0.5, 0.6) is 0 Å². The van der Waals surface area contributed by atoms with Crippen molar-refractivity contribution in [2.75, 3.05) is 12.3 Å². The van der Waals surface area contributed by atoms with Gasteiger partial charge in [-0.1, -0.05) is 77.3 Å². The van der Waals surface area contributed by atoms with Crippen LogP contribution in [0.25, 0.3) is 26.3 Å². The summed E-state index contributed by atoms with van der Waals surface area (Å²) in [4.78, 5) is 5.30. The van der Waals surface area contributed by atoms with E-state index in [1.165, 1.54) is 10.8 Å². The zero-order chi connectivity index (χ0) is 16.6. The second-order valence-electron chi connectivity index (χ2n) is 5.53. The fraction of sp³-hybridized carbons (Fsp3) is 0.176. The molecule has 5 nitrogen and oxygen atoms in total. The lowest BCUT2D eigenvalue weighted by molar-refractivity contribution is 0.889. The average molecular weight is 384 g/mol. The number of hydrogen-bond donors (Lipinski definition) is 0. The van der Waals surface area contributed by atoms with Gasteiger partial charge in [0.15, 0.2) is 5.82 Å². The van der Waals surface area contributed by atoms with Gasteiger partial charge in [-0.2, -0.15) is 9.61 Å². The molecule has 0 atom stereocenters. The SMILES string of the molecule is c1ccc2c(-c3nn4c(CSC5=NCCS5)nnc4s3)cccc2c1. The van der Waals surface area contributed by atoms with Gasteiger partial charge in [0.25, 0.3) is 0 Å². The Kier molecular flexibility index (Phi) is 3.95. The van der Waals surface area contributed by atoms with Crippen LogP contribution >= 0.6 is 34.9 Å². The van der Waals surface area contributed by atoms with Crippen molar-refractivity contribution in [3.05, 3.63) is 48.3 Å². The molecule has 0 N–H and O–H groups in total. The smallest absolute Gasteiger partial charge is 0.235 e. The summed E-state index contributed by atoms with van der Waals surface area (Å²) in [6.07, 6.45) is 0. The van der Waals surface area contributed by atoms with Crippen LogP contribution in [-0.2, 0) is 5.75 Å². The molecular formula is C17H13N5S3. The van der Waals surface area contributed by atoms with Gasteiger partial charge < -0.3 is 0 Å². The molecule has 0 saturated carbocycles. The highest BCUT2D eigenvalue weighted by Gasteiger charge is 2.16. The topological polar surface area (TPSA) is 55.4 Å². The van der Waals surface area contributed by atoms with Gasteiger partial charge in [-0.05, 0) is 10.8 Å². The Hall–Kier alpha value is -1.90. The number of fused-ring (bicyclic) bond motifs is 2. The van der Waals surface area contributed by atoms with E-state index in [0.29, 0.717) is 0 Å². The van der Waals surface area contributed by atoms with Gasteiger partial charge in [0.05, 0.1) is 12.3 Å². The molecule has 4 aromatic rings. The number of thioether (sulfide) groups is 2. The number of aliphatic imine (C=N–C) groups is 1. The highest BCUT2D eigenvalue weighted by atomic mass is 32.2. The first-order valence-corrected chi connectivity index (χ1v) is 10.7. The van der Waals surface area contributed by atoms with E-state index in [-0.39, 0.29) is 0 Å². The third-order valence-corrected chi connectivity index (χ3v) is 7.14. The highest BCUT2D eigenvalue weighted by Crippen LogP contribution is 2.32. The summed E-state index contributed by atoms with van der Waals surface area (Å²) in [5.41, 5.74) is 1.14. The monoisotopic (exact) mass is 383 g/mol. The maximum atomic E-state index is 4.79. The molecule has 2 aromatic carbocycles. The van der Waals surface area contributed by atoms with E-state index in [9.17, 15) is 0 Å². The van der Waals surface area contributed by atoms with Crippen molar-refractivity contribution in [1.82, 2.24) is 19.8 Å². The molecule has 3 heterocycles. The van der Waals surface area contributed by atoms with E-state index >= 15 is 0 Å². The normalized spacial score (nSPS) is 14.5. The van der Waals surface area contributed by atoms with Crippen LogP contribution in [-0.4, -0.2) is 36.5 Å². The van der Waals surface area contributed by atoms with Crippen molar-refractivity contribution < 1.29 is 0 Å². The van der Waals surface area contributed by atoms with E-state index in [1.807, 2.05) is 16.3 Å². The van der Waals surface area contributed by atoms with Gasteiger partial charge in [0.1, 0.15) is 9.38 Å². The number of aromatic nitrogens is 4. The Labute approximate surface area is 156 Å². The Morgan fingerprint density at radius 3 is 2.92 bits per heavy atom. The number of benzene rings is 2. The van der Waals surface area contributed by atoms with Gasteiger partial charge in [0.2, 0.25) is 4.96 Å². The van der Waals surface area contributed by atoms with Crippen molar-refractivity contribution in [3.8, 4) is 10.6 Å². The molecular weight excluding hydrogens is 370 g/mol. The first kappa shape index (κ1) is 15.4. The molecule has 0 unspecified atom stereocenters. The predicted octanol–water partition coefficient (Wildman–Crippen LogP) is 4.34. The molecule has 0 saturated heterocycles. The minimum absolute atomic E-state index is 0.742. The van der Waals surface area contributed by atoms with Crippen molar-refractivity contribution in [3.63, 3.8) is 0 Å². The Balaban J connectivity index is 1.52. The fourth-order valence-electron chi connectivity index (χ4n) is 2.80. The van der Waals surface area contributed by atoms with Gasteiger partial charge in [-0.3, -0.25) is 4.99 Å². The van der Waals surface area contributed by atoms with Crippen LogP contribution in [0.2, 0.25) is 0 Å². The number of nitrogens with zero attached hydrogens (tertiary/aromatic N) is 5. The van der Waals surface area contributed by atoms with Gasteiger partial charge in [0, 0.05) is 11.3 Å². The van der Waals surface area contributed by atoms with E-state index in [0.717, 1.165) is 43.8 Å². The Morgan fingerprint density at radius 2 is 2.00 bits per heavy atom. The molecule has 124 valence electrons. The van der Waals surface area contributed by atoms with E-state index in [1.54, 1.807) is 23.1 Å². The molecule has 5 rings (SSSR count). The van der Waals surface area contributed by atoms with E-state index in [4.69, 9.17) is 5.10 Å². The summed E-state index contributed by atoms with van der Waals surface area (Å²) < 4.78 is 3.01. The van der Waals surface area contributed by atoms with Crippen LogP contribution < -0.4 is 0 Å². The van der Waals surface area contributed by atoms with E-state index < -0.39 is 0 Å². The molecule has 8 heteroatoms. The Bertz CT molecular complexity index is 1090. The molecule has 2 aromatic heterocycles. The van der Waals surface area contributed by atoms with Gasteiger partial charge in [-0.15, -0.1) is 10.2 Å². The van der Waals surface area contributed by atoms with Crippen molar-refractivity contribution in [2.24, 2.45) is 4.99 Å². The van der Waals surface area contributed by atoms with Crippen molar-refractivity contribution >= 4 is 55.0 Å². The molecule has 25 heavy (non-hydrogen) atoms. The zero-order valence-corrected chi connectivity index (χ0v) is 15.6. The van der Waals surface area contributed by atoms with Crippen LogP contribution in [0.15, 0.2) is 47.5 Å². The average Bonchev–Trinajstić information content (AvgIpc) is 3.37. The molecule has 0 radical (unpaired) electrons. The quantitative estimate of drug-likeness (QED) is 0.527. The standard InChI is InChI=1S/C17H13N5S3/c1-2-6-12-11(4-1)5-3-7-13(12)15-21-22-14(19-20-16(22)25-15)10-24-17-18-8-9-23-17/h1-7H,8-10H2. The minimum Gasteiger partial charge on any atom is -0.271 e. The van der Waals surface area contributed by atoms with Crippen LogP contribution in [0.4, 0.5) is 0 Å². The summed E-state index contributed by atoms with van der Waals surface area (Å²) in [5, 5.41) is 16.8. The maximum Gasteiger partial charge on any atom is 0.235 e. The molecule has 1 aliphatic rings. The predicted molar refractivity (Wildman–Crippen MR) is 108 cm³/mol. The number of rotatable bonds is 3. The lowest BCUT2D eigenvalue weighted by Gasteiger charge is -2.02. The summed E-state index contributed by atoms with van der Waals surface area (Å²) >= 11 is 5.11. The summed E-state index contributed by atoms with van der Waals surface area (Å²) in [7, 11) is 0. The second kappa shape index (κ2) is 6.44. The van der Waals surface area contributed by atoms with Crippen LogP contribution in [0, 0.1) is 0 Å². The van der Waals surface area contributed by atoms with Gasteiger partial charge >= 0.3 is 0 Å². The molecule has 0 amide bonds. The van der Waals surface area contributed by atoms with Crippen LogP contribution in [0.3, 0.4) is 0 Å². The third-order valence-electron chi connectivity index (χ3n) is 3.96. The lowest BCUT2D eigenvalue weighted by atomic mass is 10.1. The van der Waals surface area contributed by atoms with Crippen molar-refractivity contribution in [1.29, 1.82) is 0 Å². The molecule has 0 aliphatic carbocycles. The van der Waals surface area contributed by atoms with Gasteiger partial charge in [-0.25, -0.2) is 0 Å². The molecule has 0 fully saturated rings. The molecule has 0 bridgehead atoms. The lowest BCUT2D eigenvalue weighted by Crippen LogP contribution is -1.95. The first-order valence-electron chi connectivity index (χ1n) is 7.88. The summed E-state index contributed by atoms with van der Waals surface area (Å²) in [5.74, 6) is 2.70. The Morgan fingerprint density at radius 1 is 1.08 bits per heavy atom. The fourth-order valence-corrected chi connectivity index (χ4v) is 5.61. The second-order valence-corrected chi connectivity index (χ2v) is 8.79. The highest BCUT2D eigenvalue weighted by molar-refractivity contribution is 8.38. The zero-order valence-electron chi connectivity index (χ0n) is 13.1. The van der Waals surface area contributed by atoms with Crippen molar-refractivity contribution in [2.45, 2.75) is 5.75 Å². The maximum absolute atomic E-state index is 4.79. The number of hydrogen-bond acceptors (Lipinski definition) is 7. The molecule has 1 aliphatic heterocycles. The summed E-state index contributed by atoms with van der Waals surface area (Å²) in [6.45, 7) is 0.921. The largest absolute Gasteiger partial charge is 0.271 e. The minimum atomic E-state index is 0.742. The first-order chi connectivity index (χ1) is 12.4.